The molecule has 1 aliphatic rings. The van der Waals surface area contributed by atoms with Gasteiger partial charge in [-0.3, -0.25) is 14.6 Å². The van der Waals surface area contributed by atoms with Crippen molar-refractivity contribution < 1.29 is 19.0 Å². The number of halogens is 3. The third kappa shape index (κ3) is 6.73. The summed E-state index contributed by atoms with van der Waals surface area (Å²) >= 11 is 13.8. The molecule has 0 N–H and O–H groups in total. The maximum Gasteiger partial charge on any atom is 0.272 e. The SMILES string of the molecule is COc1ccc(Cl)c2sc(N(CCCN3CCOCC3)C(=O)C(C)(C)Oc3ccc(Cl)cc3)nc12.Cl. The standard InChI is InChI=1S/C25H29Cl2N3O4S.ClH/c1-25(2,34-18-7-5-17(26)6-8-18)23(31)30(12-4-11-29-13-15-33-16-14-29)24-28-21-20(32-3)10-9-19(27)22(21)35-24;/h5-10H,4,11-16H2,1-3H3;1H. The van der Waals surface area contributed by atoms with Crippen LogP contribution in [0.2, 0.25) is 10.0 Å². The van der Waals surface area contributed by atoms with Crippen LogP contribution in [0.1, 0.15) is 20.3 Å². The lowest BCUT2D eigenvalue weighted by atomic mass is 10.1. The van der Waals surface area contributed by atoms with E-state index in [0.717, 1.165) is 44.0 Å². The normalized spacial score (nSPS) is 14.4. The van der Waals surface area contributed by atoms with Crippen LogP contribution >= 0.6 is 46.9 Å². The van der Waals surface area contributed by atoms with Crippen molar-refractivity contribution >= 4 is 68.2 Å². The zero-order chi connectivity index (χ0) is 25.0. The van der Waals surface area contributed by atoms with E-state index < -0.39 is 5.60 Å². The van der Waals surface area contributed by atoms with Gasteiger partial charge in [0, 0.05) is 31.2 Å². The third-order valence-corrected chi connectivity index (χ3v) is 7.60. The van der Waals surface area contributed by atoms with Crippen LogP contribution in [0.15, 0.2) is 36.4 Å². The Morgan fingerprint density at radius 2 is 1.86 bits per heavy atom. The minimum Gasteiger partial charge on any atom is -0.494 e. The molecule has 2 aromatic carbocycles. The van der Waals surface area contributed by atoms with E-state index in [1.165, 1.54) is 11.3 Å². The molecule has 1 amide bonds. The van der Waals surface area contributed by atoms with Gasteiger partial charge in [0.1, 0.15) is 17.0 Å². The first-order valence-electron chi connectivity index (χ1n) is 11.5. The second kappa shape index (κ2) is 12.6. The lowest BCUT2D eigenvalue weighted by molar-refractivity contribution is -0.131. The Balaban J connectivity index is 0.00000361. The molecule has 3 aromatic rings. The number of anilines is 1. The van der Waals surface area contributed by atoms with Crippen LogP contribution in [-0.2, 0) is 9.53 Å². The number of amides is 1. The van der Waals surface area contributed by atoms with E-state index in [1.807, 2.05) is 0 Å². The molecule has 0 unspecified atom stereocenters. The van der Waals surface area contributed by atoms with E-state index >= 15 is 0 Å². The van der Waals surface area contributed by atoms with E-state index in [4.69, 9.17) is 42.4 Å². The number of methoxy groups -OCH3 is 1. The molecule has 1 fully saturated rings. The van der Waals surface area contributed by atoms with Crippen molar-refractivity contribution in [1.82, 2.24) is 9.88 Å². The maximum absolute atomic E-state index is 13.9. The van der Waals surface area contributed by atoms with E-state index in [-0.39, 0.29) is 18.3 Å². The predicted molar refractivity (Wildman–Crippen MR) is 149 cm³/mol. The highest BCUT2D eigenvalue weighted by molar-refractivity contribution is 7.23. The molecule has 1 aliphatic heterocycles. The van der Waals surface area contributed by atoms with Gasteiger partial charge in [0.15, 0.2) is 10.7 Å². The molecule has 11 heteroatoms. The lowest BCUT2D eigenvalue weighted by Crippen LogP contribution is -2.50. The van der Waals surface area contributed by atoms with Crippen LogP contribution in [-0.4, -0.2) is 67.9 Å². The van der Waals surface area contributed by atoms with Crippen LogP contribution in [0.3, 0.4) is 0 Å². The van der Waals surface area contributed by atoms with Gasteiger partial charge in [-0.15, -0.1) is 12.4 Å². The number of carbonyl (C=O) groups excluding carboxylic acids is 1. The molecule has 4 rings (SSSR count). The lowest BCUT2D eigenvalue weighted by Gasteiger charge is -2.32. The van der Waals surface area contributed by atoms with E-state index in [0.29, 0.717) is 38.7 Å². The third-order valence-electron chi connectivity index (χ3n) is 5.80. The molecule has 0 radical (unpaired) electrons. The summed E-state index contributed by atoms with van der Waals surface area (Å²) < 4.78 is 17.8. The zero-order valence-electron chi connectivity index (χ0n) is 20.5. The van der Waals surface area contributed by atoms with Crippen molar-refractivity contribution in [3.63, 3.8) is 0 Å². The Kier molecular flexibility index (Phi) is 10.1. The molecule has 2 heterocycles. The monoisotopic (exact) mass is 573 g/mol. The summed E-state index contributed by atoms with van der Waals surface area (Å²) in [7, 11) is 1.59. The highest BCUT2D eigenvalue weighted by Crippen LogP contribution is 2.39. The average Bonchev–Trinajstić information content (AvgIpc) is 3.30. The summed E-state index contributed by atoms with van der Waals surface area (Å²) in [6.45, 7) is 8.14. The van der Waals surface area contributed by atoms with E-state index in [1.54, 1.807) is 62.3 Å². The number of rotatable bonds is 9. The second-order valence-electron chi connectivity index (χ2n) is 8.75. The molecule has 36 heavy (non-hydrogen) atoms. The minimum absolute atomic E-state index is 0. The number of thiazole rings is 1. The molecule has 7 nitrogen and oxygen atoms in total. The molecule has 0 spiro atoms. The van der Waals surface area contributed by atoms with Crippen molar-refractivity contribution in [2.45, 2.75) is 25.9 Å². The highest BCUT2D eigenvalue weighted by Gasteiger charge is 2.36. The number of hydrogen-bond donors (Lipinski definition) is 0. The van der Waals surface area contributed by atoms with Crippen LogP contribution < -0.4 is 14.4 Å². The Hall–Kier alpha value is -1.81. The Labute approximate surface area is 231 Å². The molecule has 0 saturated carbocycles. The Morgan fingerprint density at radius 3 is 2.53 bits per heavy atom. The molecule has 196 valence electrons. The van der Waals surface area contributed by atoms with Crippen molar-refractivity contribution in [2.75, 3.05) is 51.4 Å². The first kappa shape index (κ1) is 28.8. The van der Waals surface area contributed by atoms with Gasteiger partial charge in [-0.1, -0.05) is 34.5 Å². The van der Waals surface area contributed by atoms with E-state index in [2.05, 4.69) is 4.90 Å². The fraction of sp³-hybridized carbons (Fsp3) is 0.440. The molecule has 0 atom stereocenters. The van der Waals surface area contributed by atoms with Gasteiger partial charge < -0.3 is 14.2 Å². The van der Waals surface area contributed by atoms with Gasteiger partial charge in [0.25, 0.3) is 5.91 Å². The number of carbonyl (C=O) groups is 1. The summed E-state index contributed by atoms with van der Waals surface area (Å²) in [5, 5.41) is 1.74. The minimum atomic E-state index is -1.14. The molecule has 1 saturated heterocycles. The number of aromatic nitrogens is 1. The molecule has 0 aliphatic carbocycles. The highest BCUT2D eigenvalue weighted by atomic mass is 35.5. The van der Waals surface area contributed by atoms with E-state index in [9.17, 15) is 4.79 Å². The number of nitrogens with zero attached hydrogens (tertiary/aromatic N) is 3. The van der Waals surface area contributed by atoms with Crippen LogP contribution in [0, 0.1) is 0 Å². The summed E-state index contributed by atoms with van der Waals surface area (Å²) in [6, 6.07) is 10.5. The topological polar surface area (TPSA) is 64.1 Å². The number of morpholine rings is 1. The summed E-state index contributed by atoms with van der Waals surface area (Å²) in [5.74, 6) is 0.989. The number of fused-ring (bicyclic) bond motifs is 1. The number of ether oxygens (including phenoxy) is 3. The van der Waals surface area contributed by atoms with Crippen LogP contribution in [0.25, 0.3) is 10.2 Å². The Morgan fingerprint density at radius 1 is 1.17 bits per heavy atom. The zero-order valence-corrected chi connectivity index (χ0v) is 23.6. The maximum atomic E-state index is 13.9. The largest absolute Gasteiger partial charge is 0.494 e. The molecule has 0 bridgehead atoms. The van der Waals surface area contributed by atoms with Gasteiger partial charge in [0.2, 0.25) is 0 Å². The van der Waals surface area contributed by atoms with Crippen LogP contribution in [0.5, 0.6) is 11.5 Å². The Bertz CT molecular complexity index is 1170. The summed E-state index contributed by atoms with van der Waals surface area (Å²) in [5.41, 5.74) is -0.499. The number of benzene rings is 2. The first-order chi connectivity index (χ1) is 16.8. The first-order valence-corrected chi connectivity index (χ1v) is 13.1. The summed E-state index contributed by atoms with van der Waals surface area (Å²) in [6.07, 6.45) is 0.781. The summed E-state index contributed by atoms with van der Waals surface area (Å²) in [4.78, 5) is 22.7. The van der Waals surface area contributed by atoms with Gasteiger partial charge in [-0.2, -0.15) is 0 Å². The molecular weight excluding hydrogens is 545 g/mol. The van der Waals surface area contributed by atoms with Crippen molar-refractivity contribution in [1.29, 1.82) is 0 Å². The molecule has 1 aromatic heterocycles. The van der Waals surface area contributed by atoms with Crippen LogP contribution in [0.4, 0.5) is 5.13 Å². The van der Waals surface area contributed by atoms with Crippen molar-refractivity contribution in [3.8, 4) is 11.5 Å². The second-order valence-corrected chi connectivity index (χ2v) is 10.6. The smallest absolute Gasteiger partial charge is 0.272 e. The predicted octanol–water partition coefficient (Wildman–Crippen LogP) is 5.95. The number of hydrogen-bond acceptors (Lipinski definition) is 7. The average molecular weight is 575 g/mol. The van der Waals surface area contributed by atoms with Crippen molar-refractivity contribution in [2.24, 2.45) is 0 Å². The van der Waals surface area contributed by atoms with Crippen molar-refractivity contribution in [3.05, 3.63) is 46.4 Å². The van der Waals surface area contributed by atoms with Gasteiger partial charge >= 0.3 is 0 Å². The fourth-order valence-electron chi connectivity index (χ4n) is 3.95. The fourth-order valence-corrected chi connectivity index (χ4v) is 5.36. The van der Waals surface area contributed by atoms with Gasteiger partial charge in [-0.25, -0.2) is 4.98 Å². The van der Waals surface area contributed by atoms with Gasteiger partial charge in [-0.05, 0) is 56.7 Å². The van der Waals surface area contributed by atoms with Gasteiger partial charge in [0.05, 0.1) is 30.0 Å². The quantitative estimate of drug-likeness (QED) is 0.315. The molecular formula is C25H30Cl3N3O4S.